The van der Waals surface area contributed by atoms with E-state index in [0.29, 0.717) is 11.6 Å². The average molecular weight is 497 g/mol. The Hall–Kier alpha value is -3.55. The molecule has 0 amide bonds. The molecule has 0 spiro atoms. The van der Waals surface area contributed by atoms with Crippen molar-refractivity contribution in [2.75, 3.05) is 13.2 Å². The highest BCUT2D eigenvalue weighted by Gasteiger charge is 2.31. The van der Waals surface area contributed by atoms with Crippen molar-refractivity contribution in [1.29, 1.82) is 0 Å². The fraction of sp³-hybridized carbons (Fsp3) is 0.367. The van der Waals surface area contributed by atoms with Gasteiger partial charge in [-0.2, -0.15) is 0 Å². The molecule has 1 N–H and O–H groups in total. The van der Waals surface area contributed by atoms with E-state index in [1.54, 1.807) is 13.8 Å². The lowest BCUT2D eigenvalue weighted by atomic mass is 9.86. The summed E-state index contributed by atoms with van der Waals surface area (Å²) < 4.78 is 13.6. The number of aliphatic hydroxyl groups is 1. The number of rotatable bonds is 5. The van der Waals surface area contributed by atoms with E-state index in [-0.39, 0.29) is 6.04 Å². The molecular formula is C30H32N4O3. The molecule has 0 saturated carbocycles. The average Bonchev–Trinajstić information content (AvgIpc) is 3.40. The Kier molecular flexibility index (Phi) is 5.85. The van der Waals surface area contributed by atoms with E-state index < -0.39 is 5.60 Å². The molecule has 7 nitrogen and oxygen atoms in total. The number of benzene rings is 1. The molecule has 1 aliphatic heterocycles. The zero-order valence-corrected chi connectivity index (χ0v) is 21.7. The Balaban J connectivity index is 1.69. The monoisotopic (exact) mass is 496 g/mol. The number of ether oxygens (including phenoxy) is 1. The normalized spacial score (nSPS) is 16.0. The minimum atomic E-state index is -1.06. The summed E-state index contributed by atoms with van der Waals surface area (Å²) in [5, 5.41) is 16.0. The second-order valence-electron chi connectivity index (χ2n) is 10.6. The van der Waals surface area contributed by atoms with E-state index in [9.17, 15) is 5.11 Å². The molecule has 37 heavy (non-hydrogen) atoms. The first-order valence-electron chi connectivity index (χ1n) is 12.9. The maximum absolute atomic E-state index is 10.8. The molecule has 190 valence electrons. The van der Waals surface area contributed by atoms with Gasteiger partial charge >= 0.3 is 0 Å². The van der Waals surface area contributed by atoms with Gasteiger partial charge in [0.05, 0.1) is 28.5 Å². The molecule has 5 heterocycles. The van der Waals surface area contributed by atoms with Crippen molar-refractivity contribution in [1.82, 2.24) is 19.7 Å². The molecule has 1 atom stereocenters. The van der Waals surface area contributed by atoms with Crippen molar-refractivity contribution in [2.45, 2.75) is 52.2 Å². The summed E-state index contributed by atoms with van der Waals surface area (Å²) in [6, 6.07) is 16.8. The highest BCUT2D eigenvalue weighted by Crippen LogP contribution is 2.41. The lowest BCUT2D eigenvalue weighted by Crippen LogP contribution is -2.27. The number of fused-ring (bicyclic) bond motifs is 3. The molecule has 5 aromatic rings. The van der Waals surface area contributed by atoms with Crippen molar-refractivity contribution < 1.29 is 14.4 Å². The quantitative estimate of drug-likeness (QED) is 0.316. The van der Waals surface area contributed by atoms with Crippen LogP contribution in [0.15, 0.2) is 59.3 Å². The Labute approximate surface area is 216 Å². The van der Waals surface area contributed by atoms with Gasteiger partial charge in [0.2, 0.25) is 0 Å². The third-order valence-electron chi connectivity index (χ3n) is 7.57. The van der Waals surface area contributed by atoms with Gasteiger partial charge in [-0.1, -0.05) is 35.5 Å². The second kappa shape index (κ2) is 9.08. The molecule has 0 radical (unpaired) electrons. The molecule has 1 saturated heterocycles. The minimum Gasteiger partial charge on any atom is -0.384 e. The highest BCUT2D eigenvalue weighted by molar-refractivity contribution is 6.05. The van der Waals surface area contributed by atoms with Crippen molar-refractivity contribution >= 4 is 22.1 Å². The number of aromatic nitrogens is 4. The third-order valence-corrected chi connectivity index (χ3v) is 7.57. The standard InChI is InChI=1S/C30H32N4O3/c1-18-26(19(2)37-33-18)22-16-24-27(31-17-22)23-10-11-25(30(3,4)35)32-29(23)34(24)28(20-8-6-5-7-9-20)21-12-14-36-15-13-21/h5-11,16-17,21,28,35H,12-15H2,1-4H3/t28-/m1/s1. The second-order valence-corrected chi connectivity index (χ2v) is 10.6. The fourth-order valence-corrected chi connectivity index (χ4v) is 5.74. The molecule has 0 bridgehead atoms. The predicted octanol–water partition coefficient (Wildman–Crippen LogP) is 6.10. The Morgan fingerprint density at radius 3 is 2.49 bits per heavy atom. The van der Waals surface area contributed by atoms with Gasteiger partial charge in [-0.05, 0) is 70.2 Å². The van der Waals surface area contributed by atoms with Crippen LogP contribution in [0.1, 0.15) is 55.4 Å². The lowest BCUT2D eigenvalue weighted by molar-refractivity contribution is 0.0551. The molecule has 0 unspecified atom stereocenters. The van der Waals surface area contributed by atoms with Crippen molar-refractivity contribution in [3.63, 3.8) is 0 Å². The number of aryl methyl sites for hydroxylation is 2. The molecule has 1 fully saturated rings. The third kappa shape index (κ3) is 4.12. The molecule has 0 aliphatic carbocycles. The van der Waals surface area contributed by atoms with Crippen LogP contribution in [0.5, 0.6) is 0 Å². The van der Waals surface area contributed by atoms with Crippen molar-refractivity contribution in [3.8, 4) is 11.1 Å². The maximum Gasteiger partial charge on any atom is 0.143 e. The molecular weight excluding hydrogens is 464 g/mol. The summed E-state index contributed by atoms with van der Waals surface area (Å²) in [7, 11) is 0. The molecule has 1 aromatic carbocycles. The Bertz CT molecular complexity index is 1550. The first kappa shape index (κ1) is 23.8. The molecule has 4 aromatic heterocycles. The zero-order chi connectivity index (χ0) is 25.7. The smallest absolute Gasteiger partial charge is 0.143 e. The summed E-state index contributed by atoms with van der Waals surface area (Å²) in [5.74, 6) is 1.14. The summed E-state index contributed by atoms with van der Waals surface area (Å²) >= 11 is 0. The van der Waals surface area contributed by atoms with Crippen LogP contribution in [-0.2, 0) is 10.3 Å². The fourth-order valence-electron chi connectivity index (χ4n) is 5.74. The summed E-state index contributed by atoms with van der Waals surface area (Å²) in [6.07, 6.45) is 3.82. The van der Waals surface area contributed by atoms with Crippen molar-refractivity contribution in [3.05, 3.63) is 77.4 Å². The van der Waals surface area contributed by atoms with E-state index in [0.717, 1.165) is 70.7 Å². The van der Waals surface area contributed by atoms with Gasteiger partial charge in [-0.15, -0.1) is 0 Å². The van der Waals surface area contributed by atoms with Crippen LogP contribution in [0.3, 0.4) is 0 Å². The van der Waals surface area contributed by atoms with Crippen LogP contribution in [0, 0.1) is 19.8 Å². The van der Waals surface area contributed by atoms with Gasteiger partial charge in [0.1, 0.15) is 17.0 Å². The Morgan fingerprint density at radius 2 is 1.81 bits per heavy atom. The van der Waals surface area contributed by atoms with E-state index >= 15 is 0 Å². The summed E-state index contributed by atoms with van der Waals surface area (Å²) in [5.41, 5.74) is 6.31. The van der Waals surface area contributed by atoms with Crippen LogP contribution in [0.4, 0.5) is 0 Å². The van der Waals surface area contributed by atoms with Crippen molar-refractivity contribution in [2.24, 2.45) is 5.92 Å². The SMILES string of the molecule is Cc1noc(C)c1-c1cnc2c3ccc(C(C)(C)O)nc3n([C@H](c3ccccc3)C3CCOCC3)c2c1. The number of pyridine rings is 2. The topological polar surface area (TPSA) is 86.2 Å². The number of hydrogen-bond acceptors (Lipinski definition) is 6. The number of nitrogens with zero attached hydrogens (tertiary/aromatic N) is 4. The minimum absolute atomic E-state index is 0.0383. The van der Waals surface area contributed by atoms with Gasteiger partial charge in [0.15, 0.2) is 0 Å². The van der Waals surface area contributed by atoms with Crippen LogP contribution in [-0.4, -0.2) is 38.0 Å². The first-order valence-corrected chi connectivity index (χ1v) is 12.9. The molecule has 7 heteroatoms. The van der Waals surface area contributed by atoms with Crippen LogP contribution < -0.4 is 0 Å². The summed E-state index contributed by atoms with van der Waals surface area (Å²) in [4.78, 5) is 10.0. The predicted molar refractivity (Wildman–Crippen MR) is 143 cm³/mol. The van der Waals surface area contributed by atoms with Gasteiger partial charge in [0.25, 0.3) is 0 Å². The molecule has 1 aliphatic rings. The van der Waals surface area contributed by atoms with Gasteiger partial charge in [0, 0.05) is 35.9 Å². The molecule has 6 rings (SSSR count). The van der Waals surface area contributed by atoms with Crippen LogP contribution in [0.25, 0.3) is 33.2 Å². The van der Waals surface area contributed by atoms with Gasteiger partial charge in [-0.25, -0.2) is 4.98 Å². The first-order chi connectivity index (χ1) is 17.8. The van der Waals surface area contributed by atoms with E-state index in [4.69, 9.17) is 19.2 Å². The summed E-state index contributed by atoms with van der Waals surface area (Å²) in [6.45, 7) is 8.93. The largest absolute Gasteiger partial charge is 0.384 e. The van der Waals surface area contributed by atoms with E-state index in [1.807, 2.05) is 32.2 Å². The van der Waals surface area contributed by atoms with Gasteiger partial charge in [-0.3, -0.25) is 4.98 Å². The van der Waals surface area contributed by atoms with Gasteiger partial charge < -0.3 is 18.9 Å². The lowest BCUT2D eigenvalue weighted by Gasteiger charge is -2.33. The number of hydrogen-bond donors (Lipinski definition) is 1. The highest BCUT2D eigenvalue weighted by atomic mass is 16.5. The Morgan fingerprint density at radius 1 is 1.05 bits per heavy atom. The zero-order valence-electron chi connectivity index (χ0n) is 21.7. The van der Waals surface area contributed by atoms with E-state index in [1.165, 1.54) is 5.56 Å². The van der Waals surface area contributed by atoms with Crippen LogP contribution in [0.2, 0.25) is 0 Å². The van der Waals surface area contributed by atoms with Crippen LogP contribution >= 0.6 is 0 Å². The van der Waals surface area contributed by atoms with E-state index in [2.05, 4.69) is 46.1 Å². The maximum atomic E-state index is 10.8.